The van der Waals surface area contributed by atoms with E-state index >= 15 is 0 Å². The highest BCUT2D eigenvalue weighted by atomic mass is 35.5. The van der Waals surface area contributed by atoms with Gasteiger partial charge in [0, 0.05) is 11.3 Å². The normalized spacial score (nSPS) is 12.0. The lowest BCUT2D eigenvalue weighted by Gasteiger charge is -2.09. The summed E-state index contributed by atoms with van der Waals surface area (Å²) in [5.74, 6) is -0.643. The zero-order chi connectivity index (χ0) is 18.8. The van der Waals surface area contributed by atoms with Gasteiger partial charge in [0.05, 0.1) is 9.92 Å². The topological polar surface area (TPSA) is 135 Å². The van der Waals surface area contributed by atoms with Crippen molar-refractivity contribution in [3.8, 4) is 0 Å². The highest BCUT2D eigenvalue weighted by Gasteiger charge is 2.19. The van der Waals surface area contributed by atoms with Crippen molar-refractivity contribution >= 4 is 43.2 Å². The average Bonchev–Trinajstić information content (AvgIpc) is 2.54. The van der Waals surface area contributed by atoms with Crippen LogP contribution in [-0.4, -0.2) is 29.8 Å². The zero-order valence-corrected chi connectivity index (χ0v) is 15.2. The first-order valence-corrected chi connectivity index (χ1v) is 10.1. The van der Waals surface area contributed by atoms with Gasteiger partial charge in [-0.1, -0.05) is 17.7 Å². The van der Waals surface area contributed by atoms with Crippen molar-refractivity contribution in [2.24, 2.45) is 5.14 Å². The number of primary sulfonamides is 1. The van der Waals surface area contributed by atoms with Crippen LogP contribution < -0.4 is 15.2 Å². The number of amides is 1. The summed E-state index contributed by atoms with van der Waals surface area (Å²) in [7, 11) is -6.54. The van der Waals surface area contributed by atoms with Gasteiger partial charge in [-0.2, -0.15) is 0 Å². The van der Waals surface area contributed by atoms with E-state index in [0.29, 0.717) is 0 Å². The molecule has 0 aliphatic heterocycles. The summed E-state index contributed by atoms with van der Waals surface area (Å²) < 4.78 is 48.6. The minimum absolute atomic E-state index is 0.0271. The first kappa shape index (κ1) is 19.3. The number of hydrogen-bond acceptors (Lipinski definition) is 5. The van der Waals surface area contributed by atoms with Gasteiger partial charge in [-0.15, -0.1) is 0 Å². The number of carbonyl (C=O) groups excluding carboxylic acids is 1. The van der Waals surface area contributed by atoms with Gasteiger partial charge in [-0.3, -0.25) is 4.79 Å². The summed E-state index contributed by atoms with van der Waals surface area (Å²) in [5, 5.41) is 7.47. The fourth-order valence-corrected chi connectivity index (χ4v) is 3.72. The molecule has 1 amide bonds. The standard InChI is InChI=1S/C14H14ClN3O5S2/c1-17-25(22,23)13-7-9(5-6-12(13)15)14(19)18-10-3-2-4-11(8-10)24(16,20)21/h2-8,17H,1H3,(H,18,19)(H2,16,20,21). The first-order chi connectivity index (χ1) is 11.5. The van der Waals surface area contributed by atoms with Crippen LogP contribution in [-0.2, 0) is 20.0 Å². The number of rotatable bonds is 5. The maximum absolute atomic E-state index is 12.3. The third kappa shape index (κ3) is 4.55. The van der Waals surface area contributed by atoms with Crippen LogP contribution in [0.1, 0.15) is 10.4 Å². The second kappa shape index (κ2) is 7.10. The molecule has 4 N–H and O–H groups in total. The molecule has 0 heterocycles. The molecule has 0 aliphatic carbocycles. The number of carbonyl (C=O) groups is 1. The van der Waals surface area contributed by atoms with Gasteiger partial charge >= 0.3 is 0 Å². The number of nitrogens with two attached hydrogens (primary N) is 1. The van der Waals surface area contributed by atoms with Crippen molar-refractivity contribution in [3.63, 3.8) is 0 Å². The van der Waals surface area contributed by atoms with Gasteiger partial charge < -0.3 is 5.32 Å². The Kier molecular flexibility index (Phi) is 5.49. The Morgan fingerprint density at radius 1 is 1.08 bits per heavy atom. The van der Waals surface area contributed by atoms with Crippen LogP contribution in [0.2, 0.25) is 5.02 Å². The average molecular weight is 404 g/mol. The molecule has 0 aliphatic rings. The quantitative estimate of drug-likeness (QED) is 0.688. The van der Waals surface area contributed by atoms with E-state index < -0.39 is 26.0 Å². The van der Waals surface area contributed by atoms with Crippen LogP contribution in [0.25, 0.3) is 0 Å². The van der Waals surface area contributed by atoms with E-state index in [1.54, 1.807) is 0 Å². The molecule has 0 bridgehead atoms. The third-order valence-corrected chi connectivity index (χ3v) is 5.98. The summed E-state index contributed by atoms with van der Waals surface area (Å²) in [6.45, 7) is 0. The maximum atomic E-state index is 12.3. The van der Waals surface area contributed by atoms with E-state index in [2.05, 4.69) is 10.0 Å². The fraction of sp³-hybridized carbons (Fsp3) is 0.0714. The third-order valence-electron chi connectivity index (χ3n) is 3.17. The molecule has 8 nitrogen and oxygen atoms in total. The Bertz CT molecular complexity index is 1040. The lowest BCUT2D eigenvalue weighted by atomic mass is 10.2. The summed E-state index contributed by atoms with van der Waals surface area (Å²) in [4.78, 5) is 11.9. The molecule has 134 valence electrons. The van der Waals surface area contributed by atoms with E-state index in [9.17, 15) is 21.6 Å². The second-order valence-corrected chi connectivity index (χ2v) is 8.70. The summed E-state index contributed by atoms with van der Waals surface area (Å²) in [6.07, 6.45) is 0. The van der Waals surface area contributed by atoms with Crippen LogP contribution in [0, 0.1) is 0 Å². The highest BCUT2D eigenvalue weighted by Crippen LogP contribution is 2.23. The van der Waals surface area contributed by atoms with Gasteiger partial charge in [0.1, 0.15) is 4.90 Å². The fourth-order valence-electron chi connectivity index (χ4n) is 1.91. The molecular formula is C14H14ClN3O5S2. The van der Waals surface area contributed by atoms with Crippen LogP contribution in [0.5, 0.6) is 0 Å². The van der Waals surface area contributed by atoms with Gasteiger partial charge in [0.15, 0.2) is 0 Å². The summed E-state index contributed by atoms with van der Waals surface area (Å²) >= 11 is 5.86. The van der Waals surface area contributed by atoms with Crippen LogP contribution in [0.3, 0.4) is 0 Å². The van der Waals surface area contributed by atoms with Crippen LogP contribution >= 0.6 is 11.6 Å². The van der Waals surface area contributed by atoms with E-state index in [0.717, 1.165) is 6.07 Å². The maximum Gasteiger partial charge on any atom is 0.255 e. The predicted octanol–water partition coefficient (Wildman–Crippen LogP) is 1.15. The van der Waals surface area contributed by atoms with E-state index in [4.69, 9.17) is 16.7 Å². The Hall–Kier alpha value is -1.98. The number of benzene rings is 2. The van der Waals surface area contributed by atoms with E-state index in [1.807, 2.05) is 0 Å². The first-order valence-electron chi connectivity index (χ1n) is 6.72. The second-order valence-electron chi connectivity index (χ2n) is 4.88. The molecule has 0 spiro atoms. The lowest BCUT2D eigenvalue weighted by molar-refractivity contribution is 0.102. The molecule has 0 aromatic heterocycles. The van der Waals surface area contributed by atoms with E-state index in [1.165, 1.54) is 43.4 Å². The molecule has 0 saturated heterocycles. The molecule has 25 heavy (non-hydrogen) atoms. The van der Waals surface area contributed by atoms with Crippen LogP contribution in [0.4, 0.5) is 5.69 Å². The molecule has 0 atom stereocenters. The van der Waals surface area contributed by atoms with Gasteiger partial charge in [0.2, 0.25) is 20.0 Å². The Morgan fingerprint density at radius 2 is 1.76 bits per heavy atom. The summed E-state index contributed by atoms with van der Waals surface area (Å²) in [5.41, 5.74) is 0.212. The number of anilines is 1. The largest absolute Gasteiger partial charge is 0.322 e. The van der Waals surface area contributed by atoms with Gasteiger partial charge in [-0.05, 0) is 43.4 Å². The number of nitrogens with one attached hydrogen (secondary N) is 2. The Balaban J connectivity index is 2.35. The predicted molar refractivity (Wildman–Crippen MR) is 93.5 cm³/mol. The lowest BCUT2D eigenvalue weighted by Crippen LogP contribution is -2.20. The smallest absolute Gasteiger partial charge is 0.255 e. The zero-order valence-electron chi connectivity index (χ0n) is 12.9. The minimum Gasteiger partial charge on any atom is -0.322 e. The minimum atomic E-state index is -3.92. The van der Waals surface area contributed by atoms with Crippen molar-refractivity contribution in [2.45, 2.75) is 9.79 Å². The number of sulfonamides is 2. The van der Waals surface area contributed by atoms with Crippen molar-refractivity contribution in [3.05, 3.63) is 53.1 Å². The molecule has 2 aromatic rings. The number of halogens is 1. The molecule has 0 unspecified atom stereocenters. The molecule has 0 saturated carbocycles. The highest BCUT2D eigenvalue weighted by molar-refractivity contribution is 7.89. The SMILES string of the molecule is CNS(=O)(=O)c1cc(C(=O)Nc2cccc(S(N)(=O)=O)c2)ccc1Cl. The summed E-state index contributed by atoms with van der Waals surface area (Å²) in [6, 6.07) is 9.09. The van der Waals surface area contributed by atoms with Crippen LogP contribution in [0.15, 0.2) is 52.3 Å². The van der Waals surface area contributed by atoms with Gasteiger partial charge in [0.25, 0.3) is 5.91 Å². The molecule has 0 fully saturated rings. The Labute approximate surface area is 150 Å². The monoisotopic (exact) mass is 403 g/mol. The number of hydrogen-bond donors (Lipinski definition) is 3. The van der Waals surface area contributed by atoms with E-state index in [-0.39, 0.29) is 26.1 Å². The van der Waals surface area contributed by atoms with Crippen molar-refractivity contribution in [1.82, 2.24) is 4.72 Å². The molecule has 0 radical (unpaired) electrons. The molecule has 2 rings (SSSR count). The molecular weight excluding hydrogens is 390 g/mol. The Morgan fingerprint density at radius 3 is 2.36 bits per heavy atom. The molecule has 2 aromatic carbocycles. The van der Waals surface area contributed by atoms with Gasteiger partial charge in [-0.25, -0.2) is 26.7 Å². The van der Waals surface area contributed by atoms with Crippen molar-refractivity contribution < 1.29 is 21.6 Å². The van der Waals surface area contributed by atoms with Crippen molar-refractivity contribution in [1.29, 1.82) is 0 Å². The van der Waals surface area contributed by atoms with Crippen molar-refractivity contribution in [2.75, 3.05) is 12.4 Å². The molecule has 11 heteroatoms.